The average Bonchev–Trinajstić information content (AvgIpc) is 1.97. The Labute approximate surface area is 83.7 Å². The van der Waals surface area contributed by atoms with Gasteiger partial charge in [0.25, 0.3) is 10.1 Å². The number of aromatic nitrogens is 1. The van der Waals surface area contributed by atoms with Gasteiger partial charge in [-0.25, -0.2) is 4.98 Å². The fourth-order valence-corrected chi connectivity index (χ4v) is 0.653. The first kappa shape index (κ1) is 12.9. The zero-order valence-corrected chi connectivity index (χ0v) is 9.17. The molecule has 0 spiro atoms. The van der Waals surface area contributed by atoms with Gasteiger partial charge in [-0.3, -0.25) is 4.55 Å². The summed E-state index contributed by atoms with van der Waals surface area (Å²) in [4.78, 5) is 3.92. The van der Waals surface area contributed by atoms with E-state index in [2.05, 4.69) is 4.98 Å². The molecule has 0 aliphatic carbocycles. The lowest BCUT2D eigenvalue weighted by Crippen LogP contribution is -1.94. The number of nitrogens with two attached hydrogens (primary N) is 1. The molecule has 0 amide bonds. The summed E-state index contributed by atoms with van der Waals surface area (Å²) in [6, 6.07) is 1.95. The van der Waals surface area contributed by atoms with Crippen molar-refractivity contribution in [1.82, 2.24) is 4.98 Å². The molecule has 80 valence electrons. The first-order chi connectivity index (χ1) is 6.22. The van der Waals surface area contributed by atoms with Gasteiger partial charge < -0.3 is 5.73 Å². The fraction of sp³-hybridized carbons (Fsp3) is 0.375. The van der Waals surface area contributed by atoms with E-state index in [-0.39, 0.29) is 0 Å². The maximum absolute atomic E-state index is 9.19. The van der Waals surface area contributed by atoms with E-state index in [9.17, 15) is 8.42 Å². The van der Waals surface area contributed by atoms with E-state index in [1.165, 1.54) is 5.56 Å². The largest absolute Gasteiger partial charge is 0.383 e. The number of hydrogen-bond acceptors (Lipinski definition) is 4. The van der Waals surface area contributed by atoms with Crippen molar-refractivity contribution in [3.8, 4) is 0 Å². The van der Waals surface area contributed by atoms with Gasteiger partial charge in [0.1, 0.15) is 5.82 Å². The number of nitrogens with zero attached hydrogens (tertiary/aromatic N) is 1. The third-order valence-corrected chi connectivity index (χ3v) is 1.51. The van der Waals surface area contributed by atoms with E-state index in [4.69, 9.17) is 10.3 Å². The second-order valence-corrected chi connectivity index (χ2v) is 4.34. The monoisotopic (exact) mass is 218 g/mol. The Morgan fingerprint density at radius 3 is 2.14 bits per heavy atom. The summed E-state index contributed by atoms with van der Waals surface area (Å²) in [5.74, 6) is 0.634. The van der Waals surface area contributed by atoms with E-state index in [1.54, 1.807) is 6.20 Å². The Morgan fingerprint density at radius 1 is 1.43 bits per heavy atom. The number of aryl methyl sites for hydroxylation is 1. The third kappa shape index (κ3) is 6.38. The molecule has 0 radical (unpaired) electrons. The van der Waals surface area contributed by atoms with Gasteiger partial charge in [0.05, 0.1) is 6.26 Å². The molecule has 0 fully saturated rings. The summed E-state index contributed by atoms with van der Waals surface area (Å²) >= 11 is 0. The van der Waals surface area contributed by atoms with Crippen LogP contribution in [0.15, 0.2) is 12.3 Å². The second-order valence-electron chi connectivity index (χ2n) is 2.87. The van der Waals surface area contributed by atoms with Gasteiger partial charge >= 0.3 is 0 Å². The fourth-order valence-electron chi connectivity index (χ4n) is 0.653. The minimum atomic E-state index is -3.67. The molecule has 0 saturated heterocycles. The lowest BCUT2D eigenvalue weighted by Gasteiger charge is -1.99. The van der Waals surface area contributed by atoms with Crippen molar-refractivity contribution in [3.63, 3.8) is 0 Å². The Hall–Kier alpha value is -1.14. The molecule has 0 aliphatic heterocycles. The molecule has 0 bridgehead atoms. The van der Waals surface area contributed by atoms with Crippen LogP contribution in [0.5, 0.6) is 0 Å². The Bertz CT molecular complexity index is 373. The Balaban J connectivity index is 0.000000292. The summed E-state index contributed by atoms with van der Waals surface area (Å²) in [7, 11) is -3.67. The molecule has 0 saturated carbocycles. The van der Waals surface area contributed by atoms with Crippen LogP contribution < -0.4 is 5.73 Å². The highest BCUT2D eigenvalue weighted by Crippen LogP contribution is 2.09. The molecule has 0 atom stereocenters. The molecule has 1 rings (SSSR count). The normalized spacial score (nSPS) is 10.3. The summed E-state index contributed by atoms with van der Waals surface area (Å²) in [6.07, 6.45) is 2.44. The predicted molar refractivity (Wildman–Crippen MR) is 55.6 cm³/mol. The van der Waals surface area contributed by atoms with Crippen LogP contribution in [0.2, 0.25) is 0 Å². The zero-order chi connectivity index (χ0) is 11.4. The first-order valence-corrected chi connectivity index (χ1v) is 5.66. The molecule has 1 aromatic rings. The van der Waals surface area contributed by atoms with Crippen LogP contribution in [0.3, 0.4) is 0 Å². The minimum Gasteiger partial charge on any atom is -0.383 e. The van der Waals surface area contributed by atoms with Crippen molar-refractivity contribution in [2.45, 2.75) is 13.8 Å². The predicted octanol–water partition coefficient (Wildman–Crippen LogP) is 0.785. The highest BCUT2D eigenvalue weighted by Gasteiger charge is 1.94. The number of nitrogen functional groups attached to an aromatic ring is 1. The quantitative estimate of drug-likeness (QED) is 0.628. The molecule has 0 aliphatic rings. The van der Waals surface area contributed by atoms with E-state index in [1.807, 2.05) is 19.9 Å². The topological polar surface area (TPSA) is 93.3 Å². The molecule has 3 N–H and O–H groups in total. The van der Waals surface area contributed by atoms with Crippen LogP contribution in [0.25, 0.3) is 0 Å². The van der Waals surface area contributed by atoms with Crippen molar-refractivity contribution < 1.29 is 13.0 Å². The minimum absolute atomic E-state index is 0.634. The standard InChI is InChI=1S/C7H10N2.CH4O3S/c1-5-3-4-9-7(8)6(5)2;1-5(2,3)4/h3-4H,1-2H3,(H2,8,9);1H3,(H,2,3,4). The highest BCUT2D eigenvalue weighted by atomic mass is 32.2. The first-order valence-electron chi connectivity index (χ1n) is 3.82. The molecule has 1 aromatic heterocycles. The SMILES string of the molecule is CS(=O)(=O)O.Cc1ccnc(N)c1C. The van der Waals surface area contributed by atoms with Gasteiger partial charge in [0.15, 0.2) is 0 Å². The van der Waals surface area contributed by atoms with Crippen LogP contribution >= 0.6 is 0 Å². The Kier molecular flexibility index (Phi) is 4.52. The smallest absolute Gasteiger partial charge is 0.261 e. The number of hydrogen-bond donors (Lipinski definition) is 2. The molecule has 5 nitrogen and oxygen atoms in total. The second kappa shape index (κ2) is 4.92. The Morgan fingerprint density at radius 2 is 1.86 bits per heavy atom. The zero-order valence-electron chi connectivity index (χ0n) is 8.35. The van der Waals surface area contributed by atoms with Crippen molar-refractivity contribution in [2.24, 2.45) is 0 Å². The molecular weight excluding hydrogens is 204 g/mol. The molecule has 14 heavy (non-hydrogen) atoms. The van der Waals surface area contributed by atoms with Gasteiger partial charge in [-0.15, -0.1) is 0 Å². The highest BCUT2D eigenvalue weighted by molar-refractivity contribution is 7.85. The van der Waals surface area contributed by atoms with Crippen LogP contribution in [-0.2, 0) is 10.1 Å². The summed E-state index contributed by atoms with van der Waals surface area (Å²) in [6.45, 7) is 3.99. The van der Waals surface area contributed by atoms with Crippen molar-refractivity contribution in [2.75, 3.05) is 12.0 Å². The molecule has 1 heterocycles. The van der Waals surface area contributed by atoms with Gasteiger partial charge in [-0.1, -0.05) is 0 Å². The van der Waals surface area contributed by atoms with E-state index < -0.39 is 10.1 Å². The van der Waals surface area contributed by atoms with Crippen molar-refractivity contribution in [1.29, 1.82) is 0 Å². The summed E-state index contributed by atoms with van der Waals surface area (Å²) < 4.78 is 25.9. The number of pyridine rings is 1. The summed E-state index contributed by atoms with van der Waals surface area (Å²) in [5.41, 5.74) is 7.79. The van der Waals surface area contributed by atoms with Crippen molar-refractivity contribution >= 4 is 15.9 Å². The molecule has 6 heteroatoms. The lowest BCUT2D eigenvalue weighted by atomic mass is 10.2. The number of anilines is 1. The average molecular weight is 218 g/mol. The van der Waals surface area contributed by atoms with Crippen LogP contribution in [0.1, 0.15) is 11.1 Å². The van der Waals surface area contributed by atoms with E-state index in [0.717, 1.165) is 5.56 Å². The van der Waals surface area contributed by atoms with Crippen LogP contribution in [0.4, 0.5) is 5.82 Å². The van der Waals surface area contributed by atoms with E-state index in [0.29, 0.717) is 12.1 Å². The molecule has 0 unspecified atom stereocenters. The maximum atomic E-state index is 9.19. The van der Waals surface area contributed by atoms with Gasteiger partial charge in [0, 0.05) is 6.20 Å². The van der Waals surface area contributed by atoms with E-state index >= 15 is 0 Å². The van der Waals surface area contributed by atoms with Crippen molar-refractivity contribution in [3.05, 3.63) is 23.4 Å². The van der Waals surface area contributed by atoms with Gasteiger partial charge in [-0.2, -0.15) is 8.42 Å². The van der Waals surface area contributed by atoms with Gasteiger partial charge in [0.2, 0.25) is 0 Å². The molecular formula is C8H14N2O3S. The maximum Gasteiger partial charge on any atom is 0.261 e. The third-order valence-electron chi connectivity index (χ3n) is 1.51. The van der Waals surface area contributed by atoms with Gasteiger partial charge in [-0.05, 0) is 31.0 Å². The molecule has 0 aromatic carbocycles. The van der Waals surface area contributed by atoms with Crippen LogP contribution in [-0.4, -0.2) is 24.2 Å². The summed E-state index contributed by atoms with van der Waals surface area (Å²) in [5, 5.41) is 0. The number of rotatable bonds is 0. The lowest BCUT2D eigenvalue weighted by molar-refractivity contribution is 0.490. The van der Waals surface area contributed by atoms with Crippen LogP contribution in [0, 0.1) is 13.8 Å².